The first-order chi connectivity index (χ1) is 45.2. The third kappa shape index (κ3) is 27.0. The molecule has 0 saturated heterocycles. The number of amides is 12. The van der Waals surface area contributed by atoms with Crippen molar-refractivity contribution < 1.29 is 72.5 Å². The van der Waals surface area contributed by atoms with Crippen molar-refractivity contribution in [3.05, 3.63) is 71.9 Å². The highest BCUT2D eigenvalue weighted by Gasteiger charge is 2.37. The normalized spacial score (nSPS) is 15.7. The Morgan fingerprint density at radius 1 is 0.417 bits per heavy atom. The number of para-hydroxylation sites is 1. The maximum atomic E-state index is 14.6. The van der Waals surface area contributed by atoms with Crippen molar-refractivity contribution in [2.45, 2.75) is 219 Å². The van der Waals surface area contributed by atoms with Gasteiger partial charge in [-0.1, -0.05) is 76.2 Å². The Morgan fingerprint density at radius 2 is 0.802 bits per heavy atom. The molecule has 532 valence electrons. The van der Waals surface area contributed by atoms with Crippen LogP contribution in [0.25, 0.3) is 10.9 Å². The number of aliphatic carboxylic acids is 1. The Kier molecular flexibility index (Phi) is 34.1. The molecule has 0 spiro atoms. The quantitative estimate of drug-likeness (QED) is 0.0264. The predicted molar refractivity (Wildman–Crippen MR) is 357 cm³/mol. The molecule has 31 heteroatoms. The van der Waals surface area contributed by atoms with E-state index in [2.05, 4.69) is 68.8 Å². The maximum absolute atomic E-state index is 14.6. The third-order valence-electron chi connectivity index (χ3n) is 15.6. The van der Waals surface area contributed by atoms with Gasteiger partial charge in [-0.15, -0.1) is 0 Å². The summed E-state index contributed by atoms with van der Waals surface area (Å²) < 4.78 is 0. The first-order valence-corrected chi connectivity index (χ1v) is 32.5. The van der Waals surface area contributed by atoms with Crippen molar-refractivity contribution in [2.24, 2.45) is 29.0 Å². The van der Waals surface area contributed by atoms with Gasteiger partial charge in [0, 0.05) is 29.9 Å². The number of carboxylic acids is 1. The number of carbonyl (C=O) groups is 13. The molecule has 2 aromatic carbocycles. The smallest absolute Gasteiger partial charge is 0.325 e. The number of H-pyrrole nitrogens is 1. The lowest BCUT2D eigenvalue weighted by Gasteiger charge is -2.29. The molecule has 0 aliphatic rings. The summed E-state index contributed by atoms with van der Waals surface area (Å²) in [5.41, 5.74) is 19.1. The molecular formula is C65H102N16O15. The van der Waals surface area contributed by atoms with Gasteiger partial charge in [-0.3, -0.25) is 62.3 Å². The van der Waals surface area contributed by atoms with E-state index in [-0.39, 0.29) is 44.6 Å². The van der Waals surface area contributed by atoms with Crippen LogP contribution in [-0.2, 0) is 75.2 Å². The summed E-state index contributed by atoms with van der Waals surface area (Å²) in [6.45, 7) is 16.6. The fourth-order valence-corrected chi connectivity index (χ4v) is 9.83. The van der Waals surface area contributed by atoms with Crippen LogP contribution in [0, 0.1) is 11.8 Å². The highest BCUT2D eigenvalue weighted by molar-refractivity contribution is 6.00. The molecule has 0 unspecified atom stereocenters. The van der Waals surface area contributed by atoms with E-state index >= 15 is 0 Å². The summed E-state index contributed by atoms with van der Waals surface area (Å²) in [6.07, 6.45) is 1.82. The van der Waals surface area contributed by atoms with Crippen molar-refractivity contribution in [3.8, 4) is 0 Å². The number of aliphatic hydroxyl groups is 1. The highest BCUT2D eigenvalue weighted by atomic mass is 16.4. The number of aliphatic hydroxyl groups excluding tert-OH is 1. The van der Waals surface area contributed by atoms with Crippen LogP contribution in [0.15, 0.2) is 60.8 Å². The number of rotatable bonds is 41. The van der Waals surface area contributed by atoms with Crippen LogP contribution in [0.5, 0.6) is 0 Å². The van der Waals surface area contributed by atoms with Crippen molar-refractivity contribution >= 4 is 87.8 Å². The van der Waals surface area contributed by atoms with E-state index in [9.17, 15) is 67.4 Å². The molecule has 12 amide bonds. The molecule has 31 nitrogen and oxygen atoms in total. The first kappa shape index (κ1) is 81.2. The number of carboxylic acid groups (broad SMARTS) is 1. The molecule has 96 heavy (non-hydrogen) atoms. The van der Waals surface area contributed by atoms with Crippen LogP contribution in [0.2, 0.25) is 0 Å². The Hall–Kier alpha value is -9.07. The highest BCUT2D eigenvalue weighted by Crippen LogP contribution is 2.20. The van der Waals surface area contributed by atoms with Gasteiger partial charge in [0.15, 0.2) is 0 Å². The second-order valence-corrected chi connectivity index (χ2v) is 25.0. The fourth-order valence-electron chi connectivity index (χ4n) is 9.83. The Labute approximate surface area is 559 Å². The molecule has 21 N–H and O–H groups in total. The molecule has 0 aliphatic heterocycles. The summed E-state index contributed by atoms with van der Waals surface area (Å²) in [7, 11) is 0. The maximum Gasteiger partial charge on any atom is 0.325 e. The minimum Gasteiger partial charge on any atom is -0.480 e. The van der Waals surface area contributed by atoms with E-state index in [1.165, 1.54) is 48.5 Å². The molecule has 0 aliphatic carbocycles. The van der Waals surface area contributed by atoms with Gasteiger partial charge < -0.3 is 96.2 Å². The van der Waals surface area contributed by atoms with Crippen molar-refractivity contribution in [2.75, 3.05) is 13.1 Å². The topological polar surface area (TPSA) is 501 Å². The van der Waals surface area contributed by atoms with Crippen LogP contribution in [0.4, 0.5) is 0 Å². The number of nitrogens with two attached hydrogens (primary N) is 3. The Bertz CT molecular complexity index is 3120. The Balaban J connectivity index is 1.83. The number of carbonyl (C=O) groups excluding carboxylic acids is 12. The van der Waals surface area contributed by atoms with Gasteiger partial charge >= 0.3 is 5.97 Å². The molecular weight excluding hydrogens is 1240 g/mol. The van der Waals surface area contributed by atoms with E-state index in [1.54, 1.807) is 88.5 Å². The van der Waals surface area contributed by atoms with Crippen LogP contribution in [-0.4, -0.2) is 190 Å². The molecule has 0 radical (unpaired) electrons. The van der Waals surface area contributed by atoms with Gasteiger partial charge in [-0.25, -0.2) is 0 Å². The second-order valence-electron chi connectivity index (χ2n) is 25.0. The van der Waals surface area contributed by atoms with Crippen LogP contribution in [0.1, 0.15) is 132 Å². The van der Waals surface area contributed by atoms with E-state index in [4.69, 9.17) is 22.3 Å². The minimum atomic E-state index is -1.76. The SMILES string of the molecule is CC(C)C[C@H](NC(=O)[C@@H](NC(=O)[C@H](Cc1c[nH]c2ccccc12)NC(=O)[C@H](C)NC(=O)[C@H](C)NC(=O)[C@@H](NC(=O)[C@H](Cc1ccccc1)NC(=O)[C@H](CCCCN)NC(=O)[C@@H](C)N)C(C)C)[C@@H](C)O)C(=O)N[C@@H](CCCCN)C(=O)N[C@@H](C)C(=O)N[C@@H](C)C(=O)N[C@H](C)C(=O)O. The van der Waals surface area contributed by atoms with Gasteiger partial charge in [0.2, 0.25) is 70.9 Å². The molecule has 0 fully saturated rings. The zero-order valence-electron chi connectivity index (χ0n) is 56.7. The van der Waals surface area contributed by atoms with E-state index in [1.807, 2.05) is 0 Å². The van der Waals surface area contributed by atoms with Crippen LogP contribution < -0.4 is 81.0 Å². The van der Waals surface area contributed by atoms with Crippen LogP contribution in [0.3, 0.4) is 0 Å². The fraction of sp³-hybridized carbons (Fsp3) is 0.585. The Morgan fingerprint density at radius 3 is 1.29 bits per heavy atom. The summed E-state index contributed by atoms with van der Waals surface area (Å²) in [6, 6.07) is -1.02. The molecule has 0 saturated carbocycles. The molecule has 1 heterocycles. The minimum absolute atomic E-state index is 0.0111. The predicted octanol–water partition coefficient (Wildman–Crippen LogP) is -2.36. The van der Waals surface area contributed by atoms with E-state index < -0.39 is 167 Å². The zero-order chi connectivity index (χ0) is 72.1. The molecule has 3 aromatic rings. The number of hydrogen-bond acceptors (Lipinski definition) is 17. The van der Waals surface area contributed by atoms with Crippen molar-refractivity contribution in [1.29, 1.82) is 0 Å². The van der Waals surface area contributed by atoms with Gasteiger partial charge in [0.25, 0.3) is 0 Å². The molecule has 0 bridgehead atoms. The lowest BCUT2D eigenvalue weighted by molar-refractivity contribution is -0.141. The number of benzene rings is 2. The number of hydrogen-bond donors (Lipinski definition) is 18. The summed E-state index contributed by atoms with van der Waals surface area (Å²) in [5.74, 6) is -11.9. The number of aromatic amines is 1. The summed E-state index contributed by atoms with van der Waals surface area (Å²) >= 11 is 0. The molecule has 3 rings (SSSR count). The number of nitrogens with one attached hydrogen (secondary N) is 13. The molecule has 14 atom stereocenters. The second kappa shape index (κ2) is 40.4. The average Bonchev–Trinajstić information content (AvgIpc) is 1.63. The number of unbranched alkanes of at least 4 members (excludes halogenated alkanes) is 2. The monoisotopic (exact) mass is 1350 g/mol. The first-order valence-electron chi connectivity index (χ1n) is 32.5. The van der Waals surface area contributed by atoms with Gasteiger partial charge in [-0.2, -0.15) is 0 Å². The molecule has 1 aromatic heterocycles. The van der Waals surface area contributed by atoms with E-state index in [0.29, 0.717) is 54.3 Å². The summed E-state index contributed by atoms with van der Waals surface area (Å²) in [5, 5.41) is 51.7. The third-order valence-corrected chi connectivity index (χ3v) is 15.6. The van der Waals surface area contributed by atoms with Crippen molar-refractivity contribution in [3.63, 3.8) is 0 Å². The average molecular weight is 1350 g/mol. The zero-order valence-corrected chi connectivity index (χ0v) is 56.7. The van der Waals surface area contributed by atoms with Gasteiger partial charge in [-0.05, 0) is 136 Å². The van der Waals surface area contributed by atoms with E-state index in [0.717, 1.165) is 0 Å². The standard InChI is InChI=1S/C65H102N16O15/c1-33(2)29-48(60(90)76-46(25-17-19-27-66)58(88)72-37(7)54(84)70-36(6)56(86)74-40(10)65(95)96)79-64(94)52(41(11)82)81-62(92)50(31-43-32-69-45-24-16-15-23-44(43)45)77-57(87)39(9)71-55(85)38(8)73-63(93)51(34(3)4)80-61(91)49(30-42-21-13-12-14-22-42)78-59(89)47(26-18-20-28-67)75-53(83)35(5)68/h12-16,21-24,32-41,46-52,69,82H,17-20,25-31,66-68H2,1-11H3,(H,70,84)(H,71,85)(H,72,88)(H,73,93)(H,74,86)(H,75,83)(H,76,90)(H,77,87)(H,78,89)(H,79,94)(H,80,91)(H,81,92)(H,95,96)/t35-,36+,37+,38+,39+,40-,41-,46+,47+,48+,49+,50+,51+,52+/m1/s1. The summed E-state index contributed by atoms with van der Waals surface area (Å²) in [4.78, 5) is 179. The lowest BCUT2D eigenvalue weighted by Crippen LogP contribution is -2.62. The van der Waals surface area contributed by atoms with Gasteiger partial charge in [0.05, 0.1) is 12.1 Å². The van der Waals surface area contributed by atoms with Gasteiger partial charge in [0.1, 0.15) is 72.5 Å². The number of fused-ring (bicyclic) bond motifs is 1. The number of aromatic nitrogens is 1. The largest absolute Gasteiger partial charge is 0.480 e. The van der Waals surface area contributed by atoms with Crippen LogP contribution >= 0.6 is 0 Å². The lowest BCUT2D eigenvalue weighted by atomic mass is 10.00. The van der Waals surface area contributed by atoms with Crippen molar-refractivity contribution in [1.82, 2.24) is 68.8 Å².